The first-order chi connectivity index (χ1) is 15.4. The van der Waals surface area contributed by atoms with Crippen LogP contribution in [0.1, 0.15) is 34.2 Å². The van der Waals surface area contributed by atoms with Gasteiger partial charge < -0.3 is 4.74 Å². The van der Waals surface area contributed by atoms with Gasteiger partial charge in [0.1, 0.15) is 6.61 Å². The maximum absolute atomic E-state index is 12.4. The molecule has 4 rings (SSSR count). The van der Waals surface area contributed by atoms with Gasteiger partial charge in [0.05, 0.1) is 11.4 Å². The minimum Gasteiger partial charge on any atom is -0.454 e. The summed E-state index contributed by atoms with van der Waals surface area (Å²) in [5.74, 6) is -0.254. The minimum atomic E-state index is -0.560. The van der Waals surface area contributed by atoms with Crippen molar-refractivity contribution in [2.75, 3.05) is 4.90 Å². The second-order valence-corrected chi connectivity index (χ2v) is 8.63. The molecule has 0 aliphatic heterocycles. The number of ether oxygens (including phenoxy) is 1. The average molecular weight is 466 g/mol. The molecule has 0 saturated heterocycles. The van der Waals surface area contributed by atoms with E-state index in [-0.39, 0.29) is 18.2 Å². The average Bonchev–Trinajstić information content (AvgIpc) is 3.45. The number of anilines is 2. The fourth-order valence-electron chi connectivity index (χ4n) is 2.85. The molecule has 32 heavy (non-hydrogen) atoms. The number of aryl methyl sites for hydroxylation is 2. The van der Waals surface area contributed by atoms with E-state index in [1.165, 1.54) is 29.6 Å². The van der Waals surface area contributed by atoms with E-state index in [4.69, 9.17) is 4.74 Å². The van der Waals surface area contributed by atoms with Gasteiger partial charge in [0.2, 0.25) is 5.91 Å². The Kier molecular flexibility index (Phi) is 6.33. The lowest BCUT2D eigenvalue weighted by Crippen LogP contribution is -2.22. The van der Waals surface area contributed by atoms with E-state index in [9.17, 15) is 9.59 Å². The minimum absolute atomic E-state index is 0.0251. The number of hydrogen-bond donors (Lipinski definition) is 0. The number of amides is 1. The lowest BCUT2D eigenvalue weighted by atomic mass is 10.1. The van der Waals surface area contributed by atoms with Crippen LogP contribution in [-0.4, -0.2) is 31.8 Å². The Balaban J connectivity index is 1.44. The van der Waals surface area contributed by atoms with Crippen LogP contribution in [0.3, 0.4) is 0 Å². The van der Waals surface area contributed by atoms with Gasteiger partial charge in [0.15, 0.2) is 21.7 Å². The molecule has 0 aliphatic rings. The Labute approximate surface area is 192 Å². The maximum Gasteiger partial charge on any atom is 0.358 e. The molecule has 0 fully saturated rings. The van der Waals surface area contributed by atoms with Crippen LogP contribution in [-0.2, 0) is 16.1 Å². The molecule has 4 aromatic rings. The van der Waals surface area contributed by atoms with Crippen LogP contribution < -0.4 is 4.90 Å². The normalized spacial score (nSPS) is 10.7. The third kappa shape index (κ3) is 4.71. The second-order valence-electron chi connectivity index (χ2n) is 6.93. The molecule has 0 saturated carbocycles. The van der Waals surface area contributed by atoms with Crippen LogP contribution in [0.4, 0.5) is 10.8 Å². The van der Waals surface area contributed by atoms with Crippen molar-refractivity contribution in [3.63, 3.8) is 0 Å². The Hall–Kier alpha value is -3.50. The summed E-state index contributed by atoms with van der Waals surface area (Å²) >= 11 is 2.58. The smallest absolute Gasteiger partial charge is 0.358 e. The van der Waals surface area contributed by atoms with Crippen molar-refractivity contribution in [1.82, 2.24) is 19.9 Å². The molecule has 3 aromatic heterocycles. The zero-order valence-corrected chi connectivity index (χ0v) is 19.2. The summed E-state index contributed by atoms with van der Waals surface area (Å²) in [5.41, 5.74) is 3.72. The fraction of sp³-hybridized carbons (Fsp3) is 0.182. The van der Waals surface area contributed by atoms with E-state index in [1.807, 2.05) is 32.0 Å². The highest BCUT2D eigenvalue weighted by Crippen LogP contribution is 2.30. The first-order valence-corrected chi connectivity index (χ1v) is 11.4. The molecule has 0 atom stereocenters. The van der Waals surface area contributed by atoms with Crippen LogP contribution in [0.2, 0.25) is 0 Å². The molecule has 1 amide bonds. The van der Waals surface area contributed by atoms with Gasteiger partial charge in [-0.1, -0.05) is 6.07 Å². The number of hydrogen-bond acceptors (Lipinski definition) is 9. The third-order valence-corrected chi connectivity index (χ3v) is 6.33. The molecule has 0 bridgehead atoms. The largest absolute Gasteiger partial charge is 0.454 e. The van der Waals surface area contributed by atoms with Gasteiger partial charge in [-0.25, -0.2) is 24.7 Å². The van der Waals surface area contributed by atoms with Crippen LogP contribution >= 0.6 is 22.7 Å². The van der Waals surface area contributed by atoms with Crippen molar-refractivity contribution in [3.8, 4) is 10.8 Å². The predicted molar refractivity (Wildman–Crippen MR) is 123 cm³/mol. The predicted octanol–water partition coefficient (Wildman–Crippen LogP) is 4.72. The molecule has 162 valence electrons. The number of aromatic nitrogens is 4. The SMILES string of the molecule is CC(=O)N(c1ccc(C)c(C)c1)c1nc(COC(=O)c2csc(-c3ncccn3)n2)cs1. The summed E-state index contributed by atoms with van der Waals surface area (Å²) < 4.78 is 5.36. The molecular formula is C22H19N5O3S2. The van der Waals surface area contributed by atoms with E-state index in [1.54, 1.807) is 34.1 Å². The summed E-state index contributed by atoms with van der Waals surface area (Å²) in [4.78, 5) is 43.3. The highest BCUT2D eigenvalue weighted by atomic mass is 32.1. The van der Waals surface area contributed by atoms with E-state index < -0.39 is 5.97 Å². The van der Waals surface area contributed by atoms with Gasteiger partial charge in [-0.3, -0.25) is 9.69 Å². The molecule has 8 nitrogen and oxygen atoms in total. The lowest BCUT2D eigenvalue weighted by molar-refractivity contribution is -0.115. The van der Waals surface area contributed by atoms with Crippen molar-refractivity contribution < 1.29 is 14.3 Å². The number of esters is 1. The van der Waals surface area contributed by atoms with E-state index in [0.29, 0.717) is 21.7 Å². The molecule has 0 N–H and O–H groups in total. The number of thiazole rings is 2. The van der Waals surface area contributed by atoms with Crippen LogP contribution in [0.5, 0.6) is 0 Å². The summed E-state index contributed by atoms with van der Waals surface area (Å²) in [6, 6.07) is 7.52. The highest BCUT2D eigenvalue weighted by molar-refractivity contribution is 7.14. The van der Waals surface area contributed by atoms with Crippen LogP contribution in [0, 0.1) is 13.8 Å². The molecule has 0 spiro atoms. The van der Waals surface area contributed by atoms with Crippen LogP contribution in [0.25, 0.3) is 10.8 Å². The summed E-state index contributed by atoms with van der Waals surface area (Å²) in [6.45, 7) is 5.48. The van der Waals surface area contributed by atoms with Gasteiger partial charge in [0.25, 0.3) is 0 Å². The van der Waals surface area contributed by atoms with Crippen LogP contribution in [0.15, 0.2) is 47.4 Å². The van der Waals surface area contributed by atoms with E-state index in [0.717, 1.165) is 16.8 Å². The van der Waals surface area contributed by atoms with Crippen molar-refractivity contribution in [3.05, 3.63) is 69.9 Å². The van der Waals surface area contributed by atoms with Gasteiger partial charge >= 0.3 is 5.97 Å². The summed E-state index contributed by atoms with van der Waals surface area (Å²) in [6.07, 6.45) is 3.23. The van der Waals surface area contributed by atoms with Crippen molar-refractivity contribution in [1.29, 1.82) is 0 Å². The third-order valence-electron chi connectivity index (χ3n) is 4.62. The van der Waals surface area contributed by atoms with E-state index >= 15 is 0 Å². The zero-order chi connectivity index (χ0) is 22.7. The van der Waals surface area contributed by atoms with Gasteiger partial charge in [-0.15, -0.1) is 22.7 Å². The molecule has 0 aliphatic carbocycles. The Morgan fingerprint density at radius 2 is 1.81 bits per heavy atom. The molecule has 1 aromatic carbocycles. The first-order valence-electron chi connectivity index (χ1n) is 9.65. The maximum atomic E-state index is 12.4. The quantitative estimate of drug-likeness (QED) is 0.380. The Morgan fingerprint density at radius 3 is 2.53 bits per heavy atom. The molecule has 10 heteroatoms. The summed E-state index contributed by atoms with van der Waals surface area (Å²) in [7, 11) is 0. The molecule has 3 heterocycles. The highest BCUT2D eigenvalue weighted by Gasteiger charge is 2.20. The van der Waals surface area contributed by atoms with Crippen molar-refractivity contribution in [2.24, 2.45) is 0 Å². The fourth-order valence-corrected chi connectivity index (χ4v) is 4.46. The molecule has 0 unspecified atom stereocenters. The molecular weight excluding hydrogens is 446 g/mol. The Bertz CT molecular complexity index is 1270. The number of carbonyl (C=O) groups is 2. The topological polar surface area (TPSA) is 98.2 Å². The number of benzene rings is 1. The standard InChI is InChI=1S/C22H19N5O3S2/c1-13-5-6-17(9-14(13)2)27(15(3)28)22-25-16(11-32-22)10-30-21(29)18-12-31-20(26-18)19-23-7-4-8-24-19/h4-9,11-12H,10H2,1-3H3. The zero-order valence-electron chi connectivity index (χ0n) is 17.6. The van der Waals surface area contributed by atoms with Gasteiger partial charge in [-0.05, 0) is 43.2 Å². The number of carbonyl (C=O) groups excluding carboxylic acids is 2. The summed E-state index contributed by atoms with van der Waals surface area (Å²) in [5, 5.41) is 4.43. The monoisotopic (exact) mass is 465 g/mol. The van der Waals surface area contributed by atoms with Crippen molar-refractivity contribution in [2.45, 2.75) is 27.4 Å². The van der Waals surface area contributed by atoms with Crippen molar-refractivity contribution >= 4 is 45.4 Å². The number of nitrogens with zero attached hydrogens (tertiary/aromatic N) is 5. The first kappa shape index (κ1) is 21.7. The molecule has 0 radical (unpaired) electrons. The Morgan fingerprint density at radius 1 is 1.03 bits per heavy atom. The number of rotatable bonds is 6. The van der Waals surface area contributed by atoms with Gasteiger partial charge in [0, 0.05) is 30.1 Å². The lowest BCUT2D eigenvalue weighted by Gasteiger charge is -2.19. The van der Waals surface area contributed by atoms with E-state index in [2.05, 4.69) is 19.9 Å². The van der Waals surface area contributed by atoms with Gasteiger partial charge in [-0.2, -0.15) is 0 Å². The second kappa shape index (κ2) is 9.33.